The van der Waals surface area contributed by atoms with Gasteiger partial charge in [-0.2, -0.15) is 0 Å². The highest BCUT2D eigenvalue weighted by atomic mass is 16.3. The van der Waals surface area contributed by atoms with E-state index in [0.717, 1.165) is 53.8 Å². The average Bonchev–Trinajstić information content (AvgIpc) is 2.63. The van der Waals surface area contributed by atoms with E-state index in [-0.39, 0.29) is 5.60 Å². The van der Waals surface area contributed by atoms with Crippen molar-refractivity contribution in [1.29, 1.82) is 0 Å². The number of rotatable bonds is 1. The SMILES string of the molecule is CCC1(O)C2C3CC4C5C3CC2C5C41. The highest BCUT2D eigenvalue weighted by Crippen LogP contribution is 2.85. The molecule has 0 saturated heterocycles. The molecule has 0 spiro atoms. The fourth-order valence-electron chi connectivity index (χ4n) is 7.20. The van der Waals surface area contributed by atoms with Gasteiger partial charge in [0.1, 0.15) is 0 Å². The molecular weight excluding hydrogens is 172 g/mol. The minimum absolute atomic E-state index is 0.204. The molecule has 76 valence electrons. The Balaban J connectivity index is 1.79. The summed E-state index contributed by atoms with van der Waals surface area (Å²) in [5.74, 6) is 7.50. The molecule has 0 aromatic rings. The highest BCUT2D eigenvalue weighted by Gasteiger charge is 2.84. The number of hydrogen-bond donors (Lipinski definition) is 1. The Labute approximate surface area is 84.9 Å². The Bertz CT molecular complexity index is 332. The van der Waals surface area contributed by atoms with Gasteiger partial charge in [0.05, 0.1) is 5.60 Å². The normalized spacial score (nSPS) is 80.1. The maximum absolute atomic E-state index is 10.9. The summed E-state index contributed by atoms with van der Waals surface area (Å²) >= 11 is 0. The molecule has 0 aromatic heterocycles. The van der Waals surface area contributed by atoms with Gasteiger partial charge in [-0.1, -0.05) is 6.92 Å². The fourth-order valence-corrected chi connectivity index (χ4v) is 7.20. The van der Waals surface area contributed by atoms with E-state index >= 15 is 0 Å². The van der Waals surface area contributed by atoms with Crippen LogP contribution in [0, 0.1) is 47.3 Å². The van der Waals surface area contributed by atoms with Crippen LogP contribution in [0.2, 0.25) is 0 Å². The van der Waals surface area contributed by atoms with Gasteiger partial charge in [0.15, 0.2) is 0 Å². The summed E-state index contributed by atoms with van der Waals surface area (Å²) in [4.78, 5) is 0. The summed E-state index contributed by atoms with van der Waals surface area (Å²) in [5.41, 5.74) is -0.204. The van der Waals surface area contributed by atoms with E-state index in [0.29, 0.717) is 0 Å². The van der Waals surface area contributed by atoms with Crippen LogP contribution in [0.1, 0.15) is 26.2 Å². The summed E-state index contributed by atoms with van der Waals surface area (Å²) in [6, 6.07) is 0. The highest BCUT2D eigenvalue weighted by molar-refractivity contribution is 5.31. The first-order chi connectivity index (χ1) is 6.77. The molecule has 0 aliphatic heterocycles. The lowest BCUT2D eigenvalue weighted by Gasteiger charge is -2.51. The lowest BCUT2D eigenvalue weighted by atomic mass is 9.55. The molecule has 1 heteroatoms. The van der Waals surface area contributed by atoms with Crippen LogP contribution in [0.15, 0.2) is 0 Å². The van der Waals surface area contributed by atoms with Crippen LogP contribution >= 0.6 is 0 Å². The quantitative estimate of drug-likeness (QED) is 0.669. The van der Waals surface area contributed by atoms with Crippen molar-refractivity contribution in [1.82, 2.24) is 0 Å². The molecule has 5 aliphatic rings. The molecule has 0 amide bonds. The summed E-state index contributed by atoms with van der Waals surface area (Å²) in [6.07, 6.45) is 4.03. The van der Waals surface area contributed by atoms with Crippen molar-refractivity contribution in [2.24, 2.45) is 47.3 Å². The second-order valence-electron chi connectivity index (χ2n) is 6.68. The molecule has 2 bridgehead atoms. The third-order valence-corrected chi connectivity index (χ3v) is 7.09. The van der Waals surface area contributed by atoms with Crippen LogP contribution in [0.4, 0.5) is 0 Å². The van der Waals surface area contributed by atoms with Crippen LogP contribution < -0.4 is 0 Å². The van der Waals surface area contributed by atoms with Crippen molar-refractivity contribution in [3.05, 3.63) is 0 Å². The Hall–Kier alpha value is -0.0400. The molecule has 9 unspecified atom stereocenters. The molecule has 5 aliphatic carbocycles. The lowest BCUT2D eigenvalue weighted by molar-refractivity contribution is -0.131. The molecule has 14 heavy (non-hydrogen) atoms. The predicted octanol–water partition coefficient (Wildman–Crippen LogP) is 1.91. The largest absolute Gasteiger partial charge is 0.389 e. The zero-order valence-electron chi connectivity index (χ0n) is 8.69. The summed E-state index contributed by atoms with van der Waals surface area (Å²) in [6.45, 7) is 2.21. The maximum Gasteiger partial charge on any atom is 0.0712 e. The van der Waals surface area contributed by atoms with E-state index in [2.05, 4.69) is 6.92 Å². The molecule has 5 fully saturated rings. The van der Waals surface area contributed by atoms with E-state index in [1.54, 1.807) is 0 Å². The van der Waals surface area contributed by atoms with E-state index in [1.807, 2.05) is 0 Å². The van der Waals surface area contributed by atoms with Crippen molar-refractivity contribution in [3.8, 4) is 0 Å². The van der Waals surface area contributed by atoms with Crippen molar-refractivity contribution < 1.29 is 5.11 Å². The van der Waals surface area contributed by atoms with Gasteiger partial charge in [0.25, 0.3) is 0 Å². The third-order valence-electron chi connectivity index (χ3n) is 7.09. The topological polar surface area (TPSA) is 20.2 Å². The zero-order chi connectivity index (χ0) is 9.24. The molecule has 0 aromatic carbocycles. The van der Waals surface area contributed by atoms with Crippen LogP contribution in [0.5, 0.6) is 0 Å². The second kappa shape index (κ2) is 1.71. The van der Waals surface area contributed by atoms with Crippen molar-refractivity contribution in [2.45, 2.75) is 31.8 Å². The van der Waals surface area contributed by atoms with Gasteiger partial charge in [-0.15, -0.1) is 0 Å². The second-order valence-corrected chi connectivity index (χ2v) is 6.68. The fraction of sp³-hybridized carbons (Fsp3) is 1.00. The molecule has 0 heterocycles. The molecule has 0 radical (unpaired) electrons. The van der Waals surface area contributed by atoms with Gasteiger partial charge in [-0.05, 0) is 66.6 Å². The number of fused-ring (bicyclic) bond motifs is 2. The molecule has 9 atom stereocenters. The molecule has 5 saturated carbocycles. The molecule has 1 nitrogen and oxygen atoms in total. The smallest absolute Gasteiger partial charge is 0.0712 e. The van der Waals surface area contributed by atoms with Gasteiger partial charge in [0.2, 0.25) is 0 Å². The van der Waals surface area contributed by atoms with E-state index in [4.69, 9.17) is 0 Å². The third kappa shape index (κ3) is 0.413. The Morgan fingerprint density at radius 2 is 1.71 bits per heavy atom. The van der Waals surface area contributed by atoms with E-state index in [1.165, 1.54) is 12.8 Å². The van der Waals surface area contributed by atoms with Crippen molar-refractivity contribution in [3.63, 3.8) is 0 Å². The zero-order valence-corrected chi connectivity index (χ0v) is 8.69. The molecule has 5 rings (SSSR count). The number of hydrogen-bond acceptors (Lipinski definition) is 1. The number of aliphatic hydroxyl groups is 1. The molecular formula is C13H18O. The first-order valence-electron chi connectivity index (χ1n) is 6.49. The van der Waals surface area contributed by atoms with Gasteiger partial charge in [-0.3, -0.25) is 0 Å². The maximum atomic E-state index is 10.9. The van der Waals surface area contributed by atoms with Crippen LogP contribution in [-0.2, 0) is 0 Å². The average molecular weight is 190 g/mol. The van der Waals surface area contributed by atoms with E-state index in [9.17, 15) is 5.11 Å². The van der Waals surface area contributed by atoms with Crippen LogP contribution in [0.3, 0.4) is 0 Å². The first-order valence-corrected chi connectivity index (χ1v) is 6.49. The van der Waals surface area contributed by atoms with Gasteiger partial charge < -0.3 is 5.11 Å². The molecule has 1 N–H and O–H groups in total. The monoisotopic (exact) mass is 190 g/mol. The lowest BCUT2D eigenvalue weighted by Crippen LogP contribution is -2.53. The Morgan fingerprint density at radius 1 is 1.00 bits per heavy atom. The first kappa shape index (κ1) is 7.27. The van der Waals surface area contributed by atoms with E-state index < -0.39 is 0 Å². The van der Waals surface area contributed by atoms with Gasteiger partial charge in [-0.25, -0.2) is 0 Å². The van der Waals surface area contributed by atoms with Crippen molar-refractivity contribution >= 4 is 0 Å². The Kier molecular flexibility index (Phi) is 0.886. The minimum Gasteiger partial charge on any atom is -0.389 e. The van der Waals surface area contributed by atoms with Crippen LogP contribution in [0.25, 0.3) is 0 Å². The summed E-state index contributed by atoms with van der Waals surface area (Å²) < 4.78 is 0. The predicted molar refractivity (Wildman–Crippen MR) is 52.4 cm³/mol. The standard InChI is InChI=1S/C13H18O/c1-2-13(14)11-6-4-7-9-5(6)3-8(11)10(9)12(7)13/h5-12,14H,2-4H2,1H3. The minimum atomic E-state index is -0.204. The van der Waals surface area contributed by atoms with Gasteiger partial charge >= 0.3 is 0 Å². The van der Waals surface area contributed by atoms with Crippen LogP contribution in [-0.4, -0.2) is 10.7 Å². The summed E-state index contributed by atoms with van der Waals surface area (Å²) in [7, 11) is 0. The van der Waals surface area contributed by atoms with Crippen molar-refractivity contribution in [2.75, 3.05) is 0 Å². The van der Waals surface area contributed by atoms with Gasteiger partial charge in [0, 0.05) is 0 Å². The Morgan fingerprint density at radius 3 is 2.50 bits per heavy atom. The summed E-state index contributed by atoms with van der Waals surface area (Å²) in [5, 5.41) is 10.9.